The molecule has 0 unspecified atom stereocenters. The summed E-state index contributed by atoms with van der Waals surface area (Å²) in [4.78, 5) is 14.8. The van der Waals surface area contributed by atoms with Gasteiger partial charge in [0, 0.05) is 6.20 Å². The molecule has 12 heavy (non-hydrogen) atoms. The van der Waals surface area contributed by atoms with Gasteiger partial charge in [-0.2, -0.15) is 0 Å². The summed E-state index contributed by atoms with van der Waals surface area (Å²) in [6.07, 6.45) is 1.45. The van der Waals surface area contributed by atoms with E-state index in [4.69, 9.17) is 11.6 Å². The summed E-state index contributed by atoms with van der Waals surface area (Å²) in [6, 6.07) is 1.54. The zero-order chi connectivity index (χ0) is 8.55. The predicted molar refractivity (Wildman–Crippen MR) is 43.0 cm³/mol. The first-order valence-corrected chi connectivity index (χ1v) is 3.52. The van der Waals surface area contributed by atoms with E-state index in [2.05, 4.69) is 20.4 Å². The molecular formula is C6H3ClN4O. The molecule has 0 spiro atoms. The van der Waals surface area contributed by atoms with Crippen LogP contribution in [0.1, 0.15) is 0 Å². The van der Waals surface area contributed by atoms with Crippen LogP contribution in [-0.2, 0) is 0 Å². The second-order valence-corrected chi connectivity index (χ2v) is 2.50. The number of aromatic amines is 1. The Labute approximate surface area is 71.4 Å². The van der Waals surface area contributed by atoms with E-state index < -0.39 is 0 Å². The highest BCUT2D eigenvalue weighted by atomic mass is 35.5. The molecule has 2 aromatic rings. The average Bonchev–Trinajstić information content (AvgIpc) is 2.07. The van der Waals surface area contributed by atoms with Gasteiger partial charge in [-0.3, -0.25) is 4.79 Å². The number of fused-ring (bicyclic) bond motifs is 1. The lowest BCUT2D eigenvalue weighted by Gasteiger charge is -1.93. The lowest BCUT2D eigenvalue weighted by molar-refractivity contribution is 0.870. The van der Waals surface area contributed by atoms with Gasteiger partial charge in [0.2, 0.25) is 0 Å². The zero-order valence-electron chi connectivity index (χ0n) is 5.78. The Hall–Kier alpha value is -1.49. The molecule has 6 heteroatoms. The monoisotopic (exact) mass is 182 g/mol. The number of nitrogens with zero attached hydrogens (tertiary/aromatic N) is 3. The number of pyridine rings is 1. The highest BCUT2D eigenvalue weighted by Crippen LogP contribution is 2.12. The Bertz CT molecular complexity index is 480. The van der Waals surface area contributed by atoms with Gasteiger partial charge in [0.05, 0.1) is 5.39 Å². The maximum Gasteiger partial charge on any atom is 0.275 e. The van der Waals surface area contributed by atoms with E-state index in [0.29, 0.717) is 10.9 Å². The van der Waals surface area contributed by atoms with E-state index in [-0.39, 0.29) is 10.7 Å². The molecule has 0 amide bonds. The molecule has 1 N–H and O–H groups in total. The van der Waals surface area contributed by atoms with Crippen LogP contribution < -0.4 is 5.56 Å². The minimum Gasteiger partial charge on any atom is -0.267 e. The summed E-state index contributed by atoms with van der Waals surface area (Å²) >= 11 is 5.66. The van der Waals surface area contributed by atoms with Crippen LogP contribution in [0.25, 0.3) is 10.9 Å². The standard InChI is InChI=1S/C6H3ClN4O/c7-5-4-3(1-2-8-5)6(12)10-11-9-4/h1-2H,(H,9,10,12). The Balaban J connectivity index is 3.05. The minimum absolute atomic E-state index is 0.186. The van der Waals surface area contributed by atoms with Gasteiger partial charge in [0.25, 0.3) is 5.56 Å². The molecule has 0 aromatic carbocycles. The second kappa shape index (κ2) is 2.53. The van der Waals surface area contributed by atoms with Crippen LogP contribution in [0, 0.1) is 0 Å². The fourth-order valence-electron chi connectivity index (χ4n) is 0.887. The van der Waals surface area contributed by atoms with Crippen molar-refractivity contribution in [3.05, 3.63) is 27.8 Å². The summed E-state index contributed by atoms with van der Waals surface area (Å²) in [6.45, 7) is 0. The largest absolute Gasteiger partial charge is 0.275 e. The molecular weight excluding hydrogens is 180 g/mol. The third-order valence-corrected chi connectivity index (χ3v) is 1.70. The number of hydrogen-bond donors (Lipinski definition) is 1. The fourth-order valence-corrected chi connectivity index (χ4v) is 1.08. The first-order chi connectivity index (χ1) is 5.79. The van der Waals surface area contributed by atoms with Crippen molar-refractivity contribution >= 4 is 22.5 Å². The Morgan fingerprint density at radius 3 is 3.08 bits per heavy atom. The molecule has 0 saturated heterocycles. The van der Waals surface area contributed by atoms with Crippen molar-refractivity contribution in [2.24, 2.45) is 0 Å². The lowest BCUT2D eigenvalue weighted by atomic mass is 10.3. The molecule has 5 nitrogen and oxygen atoms in total. The van der Waals surface area contributed by atoms with Crippen molar-refractivity contribution in [3.8, 4) is 0 Å². The minimum atomic E-state index is -0.315. The van der Waals surface area contributed by atoms with Crippen molar-refractivity contribution in [2.75, 3.05) is 0 Å². The van der Waals surface area contributed by atoms with Gasteiger partial charge in [-0.1, -0.05) is 16.8 Å². The van der Waals surface area contributed by atoms with E-state index in [1.807, 2.05) is 0 Å². The van der Waals surface area contributed by atoms with Crippen molar-refractivity contribution in [2.45, 2.75) is 0 Å². The molecule has 0 fully saturated rings. The van der Waals surface area contributed by atoms with Crippen LogP contribution in [0.2, 0.25) is 5.15 Å². The summed E-state index contributed by atoms with van der Waals surface area (Å²) in [7, 11) is 0. The molecule has 0 bridgehead atoms. The van der Waals surface area contributed by atoms with Crippen molar-refractivity contribution < 1.29 is 0 Å². The van der Waals surface area contributed by atoms with Gasteiger partial charge in [0.15, 0.2) is 5.15 Å². The summed E-state index contributed by atoms with van der Waals surface area (Å²) in [5.41, 5.74) is 0.00668. The molecule has 2 heterocycles. The normalized spacial score (nSPS) is 10.4. The number of nitrogens with one attached hydrogen (secondary N) is 1. The number of H-pyrrole nitrogens is 1. The molecule has 0 aliphatic carbocycles. The van der Waals surface area contributed by atoms with Gasteiger partial charge in [-0.05, 0) is 6.07 Å². The van der Waals surface area contributed by atoms with Gasteiger partial charge in [-0.25, -0.2) is 10.1 Å². The molecule has 0 saturated carbocycles. The summed E-state index contributed by atoms with van der Waals surface area (Å²) in [5, 5.41) is 9.78. The smallest absolute Gasteiger partial charge is 0.267 e. The molecule has 0 aliphatic heterocycles. The summed E-state index contributed by atoms with van der Waals surface area (Å²) < 4.78 is 0. The Kier molecular flexibility index (Phi) is 1.51. The highest BCUT2D eigenvalue weighted by molar-refractivity contribution is 6.33. The number of hydrogen-bond acceptors (Lipinski definition) is 4. The number of rotatable bonds is 0. The third kappa shape index (κ3) is 0.947. The van der Waals surface area contributed by atoms with E-state index in [1.54, 1.807) is 0 Å². The van der Waals surface area contributed by atoms with Crippen LogP contribution in [0.15, 0.2) is 17.1 Å². The SMILES string of the molecule is O=c1[nH]nnc2c(Cl)nccc12. The Morgan fingerprint density at radius 2 is 2.33 bits per heavy atom. The molecule has 2 rings (SSSR count). The van der Waals surface area contributed by atoms with Crippen LogP contribution in [0.3, 0.4) is 0 Å². The van der Waals surface area contributed by atoms with Crippen LogP contribution in [0.4, 0.5) is 0 Å². The number of halogens is 1. The molecule has 0 atom stereocenters. The maximum atomic E-state index is 11.1. The Morgan fingerprint density at radius 1 is 1.50 bits per heavy atom. The fraction of sp³-hybridized carbons (Fsp3) is 0. The molecule has 2 aromatic heterocycles. The molecule has 0 radical (unpaired) electrons. The summed E-state index contributed by atoms with van der Waals surface area (Å²) in [5.74, 6) is 0. The topological polar surface area (TPSA) is 71.5 Å². The highest BCUT2D eigenvalue weighted by Gasteiger charge is 2.03. The van der Waals surface area contributed by atoms with E-state index in [9.17, 15) is 4.79 Å². The van der Waals surface area contributed by atoms with E-state index >= 15 is 0 Å². The zero-order valence-corrected chi connectivity index (χ0v) is 6.54. The third-order valence-electron chi connectivity index (χ3n) is 1.43. The van der Waals surface area contributed by atoms with Crippen LogP contribution >= 0.6 is 11.6 Å². The predicted octanol–water partition coefficient (Wildman–Crippen LogP) is 0.366. The lowest BCUT2D eigenvalue weighted by Crippen LogP contribution is -2.09. The van der Waals surface area contributed by atoms with Gasteiger partial charge >= 0.3 is 0 Å². The second-order valence-electron chi connectivity index (χ2n) is 2.14. The van der Waals surface area contributed by atoms with Gasteiger partial charge in [0.1, 0.15) is 5.52 Å². The van der Waals surface area contributed by atoms with Gasteiger partial charge < -0.3 is 0 Å². The van der Waals surface area contributed by atoms with E-state index in [0.717, 1.165) is 0 Å². The van der Waals surface area contributed by atoms with Crippen LogP contribution in [-0.4, -0.2) is 20.4 Å². The maximum absolute atomic E-state index is 11.1. The number of aromatic nitrogens is 4. The first-order valence-electron chi connectivity index (χ1n) is 3.14. The van der Waals surface area contributed by atoms with Crippen molar-refractivity contribution in [1.82, 2.24) is 20.4 Å². The van der Waals surface area contributed by atoms with Gasteiger partial charge in [-0.15, -0.1) is 5.10 Å². The first kappa shape index (κ1) is 7.17. The van der Waals surface area contributed by atoms with E-state index in [1.165, 1.54) is 12.3 Å². The van der Waals surface area contributed by atoms with Crippen molar-refractivity contribution in [1.29, 1.82) is 0 Å². The molecule has 0 aliphatic rings. The van der Waals surface area contributed by atoms with Crippen LogP contribution in [0.5, 0.6) is 0 Å². The molecule has 60 valence electrons. The quantitative estimate of drug-likeness (QED) is 0.598. The average molecular weight is 183 g/mol. The van der Waals surface area contributed by atoms with Crippen molar-refractivity contribution in [3.63, 3.8) is 0 Å².